The van der Waals surface area contributed by atoms with Gasteiger partial charge in [0.15, 0.2) is 0 Å². The van der Waals surface area contributed by atoms with Crippen LogP contribution in [0.25, 0.3) is 5.52 Å². The molecule has 3 nitrogen and oxygen atoms in total. The summed E-state index contributed by atoms with van der Waals surface area (Å²) < 4.78 is 3.05. The molecule has 0 unspecified atom stereocenters. The van der Waals surface area contributed by atoms with Crippen molar-refractivity contribution in [1.82, 2.24) is 14.4 Å². The van der Waals surface area contributed by atoms with Crippen molar-refractivity contribution in [3.05, 3.63) is 29.0 Å². The molecule has 2 aromatic rings. The molecule has 1 fully saturated rings. The maximum Gasteiger partial charge on any atom is 0.132 e. The largest absolute Gasteiger partial charge is 0.286 e. The molecule has 0 saturated heterocycles. The number of rotatable bonds is 1. The Morgan fingerprint density at radius 1 is 1.33 bits per heavy atom. The van der Waals surface area contributed by atoms with Crippen LogP contribution in [0.2, 0.25) is 0 Å². The van der Waals surface area contributed by atoms with Gasteiger partial charge in [-0.15, -0.1) is 0 Å². The summed E-state index contributed by atoms with van der Waals surface area (Å²) in [4.78, 5) is 8.77. The molecule has 4 heteroatoms. The molecule has 15 heavy (non-hydrogen) atoms. The summed E-state index contributed by atoms with van der Waals surface area (Å²) in [6, 6.07) is 2.00. The smallest absolute Gasteiger partial charge is 0.132 e. The fraction of sp³-hybridized carbons (Fsp3) is 0.455. The van der Waals surface area contributed by atoms with Crippen LogP contribution >= 0.6 is 15.9 Å². The molecule has 2 heterocycles. The van der Waals surface area contributed by atoms with Gasteiger partial charge in [0, 0.05) is 12.1 Å². The fourth-order valence-electron chi connectivity index (χ4n) is 2.40. The van der Waals surface area contributed by atoms with E-state index in [1.165, 1.54) is 31.5 Å². The van der Waals surface area contributed by atoms with E-state index in [0.717, 1.165) is 10.1 Å². The first-order chi connectivity index (χ1) is 7.36. The summed E-state index contributed by atoms with van der Waals surface area (Å²) in [5, 5.41) is 0. The lowest BCUT2D eigenvalue weighted by molar-refractivity contribution is 0.662. The number of hydrogen-bond donors (Lipinski definition) is 0. The van der Waals surface area contributed by atoms with Crippen molar-refractivity contribution in [2.45, 2.75) is 31.6 Å². The van der Waals surface area contributed by atoms with Gasteiger partial charge in [0.25, 0.3) is 0 Å². The first kappa shape index (κ1) is 9.33. The molecule has 0 aliphatic heterocycles. The highest BCUT2D eigenvalue weighted by Gasteiger charge is 2.22. The number of aromatic nitrogens is 3. The van der Waals surface area contributed by atoms with Crippen molar-refractivity contribution in [3.63, 3.8) is 0 Å². The number of imidazole rings is 1. The summed E-state index contributed by atoms with van der Waals surface area (Å²) in [6.07, 6.45) is 8.86. The Morgan fingerprint density at radius 3 is 2.93 bits per heavy atom. The van der Waals surface area contributed by atoms with Crippen LogP contribution in [0.3, 0.4) is 0 Å². The van der Waals surface area contributed by atoms with Gasteiger partial charge in [-0.2, -0.15) is 0 Å². The van der Waals surface area contributed by atoms with Gasteiger partial charge in [0.1, 0.15) is 16.8 Å². The van der Waals surface area contributed by atoms with E-state index in [0.29, 0.717) is 5.92 Å². The van der Waals surface area contributed by atoms with Crippen molar-refractivity contribution >= 4 is 21.4 Å². The highest BCUT2D eigenvalue weighted by molar-refractivity contribution is 9.10. The molecule has 1 saturated carbocycles. The van der Waals surface area contributed by atoms with Gasteiger partial charge in [-0.1, -0.05) is 12.8 Å². The van der Waals surface area contributed by atoms with E-state index in [9.17, 15) is 0 Å². The van der Waals surface area contributed by atoms with Gasteiger partial charge >= 0.3 is 0 Å². The predicted octanol–water partition coefficient (Wildman–Crippen LogP) is 3.15. The summed E-state index contributed by atoms with van der Waals surface area (Å²) in [6.45, 7) is 0. The van der Waals surface area contributed by atoms with Gasteiger partial charge in [-0.3, -0.25) is 4.40 Å². The van der Waals surface area contributed by atoms with Crippen LogP contribution in [0.5, 0.6) is 0 Å². The summed E-state index contributed by atoms with van der Waals surface area (Å²) in [7, 11) is 0. The number of halogens is 1. The monoisotopic (exact) mass is 265 g/mol. The van der Waals surface area contributed by atoms with Crippen LogP contribution in [-0.4, -0.2) is 14.4 Å². The van der Waals surface area contributed by atoms with Gasteiger partial charge < -0.3 is 0 Å². The lowest BCUT2D eigenvalue weighted by Gasteiger charge is -2.06. The van der Waals surface area contributed by atoms with Crippen LogP contribution in [-0.2, 0) is 0 Å². The molecule has 0 bridgehead atoms. The maximum absolute atomic E-state index is 4.61. The van der Waals surface area contributed by atoms with Crippen LogP contribution in [0.1, 0.15) is 37.4 Å². The Kier molecular flexibility index (Phi) is 2.24. The van der Waals surface area contributed by atoms with E-state index < -0.39 is 0 Å². The first-order valence-corrected chi connectivity index (χ1v) is 6.13. The minimum atomic E-state index is 0.619. The van der Waals surface area contributed by atoms with Gasteiger partial charge in [-0.25, -0.2) is 9.97 Å². The molecule has 1 aliphatic rings. The van der Waals surface area contributed by atoms with Crippen molar-refractivity contribution in [1.29, 1.82) is 0 Å². The molecule has 0 radical (unpaired) electrons. The predicted molar refractivity (Wildman–Crippen MR) is 61.9 cm³/mol. The molecule has 3 rings (SSSR count). The highest BCUT2D eigenvalue weighted by Crippen LogP contribution is 2.35. The van der Waals surface area contributed by atoms with Crippen molar-refractivity contribution < 1.29 is 0 Å². The average Bonchev–Trinajstić information content (AvgIpc) is 2.87. The standard InChI is InChI=1S/C11H12BrN3/c12-10-9-5-6-13-7-15(9)11(14-10)8-3-1-2-4-8/h5-8H,1-4H2. The van der Waals surface area contributed by atoms with Crippen LogP contribution in [0.4, 0.5) is 0 Å². The third kappa shape index (κ3) is 1.47. The molecular formula is C11H12BrN3. The molecule has 0 aromatic carbocycles. The van der Waals surface area contributed by atoms with Crippen molar-refractivity contribution in [3.8, 4) is 0 Å². The van der Waals surface area contributed by atoms with Crippen LogP contribution in [0.15, 0.2) is 23.2 Å². The normalized spacial score (nSPS) is 17.7. The van der Waals surface area contributed by atoms with E-state index in [4.69, 9.17) is 0 Å². The van der Waals surface area contributed by atoms with Crippen LogP contribution in [0, 0.1) is 0 Å². The van der Waals surface area contributed by atoms with E-state index in [-0.39, 0.29) is 0 Å². The van der Waals surface area contributed by atoms with Gasteiger partial charge in [0.2, 0.25) is 0 Å². The zero-order chi connectivity index (χ0) is 10.3. The maximum atomic E-state index is 4.61. The fourth-order valence-corrected chi connectivity index (χ4v) is 2.90. The molecule has 0 atom stereocenters. The number of hydrogen-bond acceptors (Lipinski definition) is 2. The number of nitrogens with zero attached hydrogens (tertiary/aromatic N) is 3. The molecular weight excluding hydrogens is 254 g/mol. The van der Waals surface area contributed by atoms with Gasteiger partial charge in [0.05, 0.1) is 5.52 Å². The Balaban J connectivity index is 2.17. The second-order valence-electron chi connectivity index (χ2n) is 4.08. The van der Waals surface area contributed by atoms with E-state index in [1.807, 2.05) is 12.4 Å². The molecule has 0 N–H and O–H groups in total. The van der Waals surface area contributed by atoms with E-state index >= 15 is 0 Å². The Hall–Kier alpha value is -0.900. The minimum absolute atomic E-state index is 0.619. The van der Waals surface area contributed by atoms with E-state index in [2.05, 4.69) is 30.3 Å². The SMILES string of the molecule is Brc1nc(C2CCCC2)n2cnccc12. The quantitative estimate of drug-likeness (QED) is 0.793. The van der Waals surface area contributed by atoms with E-state index in [1.54, 1.807) is 6.20 Å². The second-order valence-corrected chi connectivity index (χ2v) is 4.83. The zero-order valence-corrected chi connectivity index (χ0v) is 9.94. The average molecular weight is 266 g/mol. The minimum Gasteiger partial charge on any atom is -0.286 e. The molecule has 0 amide bonds. The van der Waals surface area contributed by atoms with Crippen molar-refractivity contribution in [2.24, 2.45) is 0 Å². The third-order valence-corrected chi connectivity index (χ3v) is 3.73. The van der Waals surface area contributed by atoms with Crippen molar-refractivity contribution in [2.75, 3.05) is 0 Å². The third-order valence-electron chi connectivity index (χ3n) is 3.15. The van der Waals surface area contributed by atoms with Crippen LogP contribution < -0.4 is 0 Å². The molecule has 0 spiro atoms. The number of fused-ring (bicyclic) bond motifs is 1. The first-order valence-electron chi connectivity index (χ1n) is 5.34. The lowest BCUT2D eigenvalue weighted by atomic mass is 10.1. The molecule has 1 aliphatic carbocycles. The molecule has 2 aromatic heterocycles. The molecule has 78 valence electrons. The van der Waals surface area contributed by atoms with Gasteiger partial charge in [-0.05, 0) is 34.8 Å². The highest BCUT2D eigenvalue weighted by atomic mass is 79.9. The Labute approximate surface area is 96.7 Å². The second kappa shape index (κ2) is 3.59. The summed E-state index contributed by atoms with van der Waals surface area (Å²) >= 11 is 3.51. The zero-order valence-electron chi connectivity index (χ0n) is 8.36. The Morgan fingerprint density at radius 2 is 2.13 bits per heavy atom. The lowest BCUT2D eigenvalue weighted by Crippen LogP contribution is -2.00. The topological polar surface area (TPSA) is 30.2 Å². The summed E-state index contributed by atoms with van der Waals surface area (Å²) in [5.41, 5.74) is 1.12. The summed E-state index contributed by atoms with van der Waals surface area (Å²) in [5.74, 6) is 1.79. The Bertz CT molecular complexity index is 486.